The minimum absolute atomic E-state index is 0.386. The Hall–Kier alpha value is -1.06. The first-order valence-corrected chi connectivity index (χ1v) is 7.08. The van der Waals surface area contributed by atoms with Crippen molar-refractivity contribution in [3.8, 4) is 5.75 Å². The first kappa shape index (κ1) is 16.0. The minimum atomic E-state index is 0.386. The van der Waals surface area contributed by atoms with Gasteiger partial charge in [0.25, 0.3) is 0 Å². The molecule has 1 aromatic rings. The normalized spacial score (nSPS) is 13.1. The molecule has 108 valence electrons. The zero-order valence-corrected chi connectivity index (χ0v) is 13.2. The molecule has 1 aromatic carbocycles. The standard InChI is InChI=1S/C16H28N2O/c1-7-19-16-9-8-14(10-13(16)4)15(18(5)6)11-17-12(2)3/h8-10,12,15,17H,7,11H2,1-6H3. The Balaban J connectivity index is 2.87. The van der Waals surface area contributed by atoms with Crippen molar-refractivity contribution in [3.05, 3.63) is 29.3 Å². The molecule has 0 heterocycles. The lowest BCUT2D eigenvalue weighted by Gasteiger charge is -2.27. The van der Waals surface area contributed by atoms with Crippen LogP contribution < -0.4 is 10.1 Å². The van der Waals surface area contributed by atoms with Crippen molar-refractivity contribution >= 4 is 0 Å². The molecule has 0 aromatic heterocycles. The van der Waals surface area contributed by atoms with Gasteiger partial charge >= 0.3 is 0 Å². The lowest BCUT2D eigenvalue weighted by atomic mass is 10.0. The van der Waals surface area contributed by atoms with Gasteiger partial charge in [-0.2, -0.15) is 0 Å². The van der Waals surface area contributed by atoms with E-state index in [1.807, 2.05) is 6.92 Å². The lowest BCUT2D eigenvalue weighted by molar-refractivity contribution is 0.282. The van der Waals surface area contributed by atoms with Crippen LogP contribution in [0, 0.1) is 6.92 Å². The van der Waals surface area contributed by atoms with Crippen molar-refractivity contribution in [1.82, 2.24) is 10.2 Å². The van der Waals surface area contributed by atoms with Gasteiger partial charge in [-0.05, 0) is 45.1 Å². The molecule has 0 bridgehead atoms. The van der Waals surface area contributed by atoms with Gasteiger partial charge in [0.1, 0.15) is 5.75 Å². The molecule has 1 atom stereocenters. The fraction of sp³-hybridized carbons (Fsp3) is 0.625. The van der Waals surface area contributed by atoms with E-state index in [-0.39, 0.29) is 0 Å². The fourth-order valence-corrected chi connectivity index (χ4v) is 2.14. The number of aryl methyl sites for hydroxylation is 1. The summed E-state index contributed by atoms with van der Waals surface area (Å²) < 4.78 is 5.60. The van der Waals surface area contributed by atoms with Crippen LogP contribution in [0.3, 0.4) is 0 Å². The van der Waals surface area contributed by atoms with Crippen LogP contribution in [0.1, 0.15) is 37.9 Å². The van der Waals surface area contributed by atoms with Gasteiger partial charge in [0, 0.05) is 18.6 Å². The highest BCUT2D eigenvalue weighted by Crippen LogP contribution is 2.25. The summed E-state index contributed by atoms with van der Waals surface area (Å²) >= 11 is 0. The first-order chi connectivity index (χ1) is 8.95. The van der Waals surface area contributed by atoms with E-state index >= 15 is 0 Å². The van der Waals surface area contributed by atoms with Crippen LogP contribution in [0.15, 0.2) is 18.2 Å². The summed E-state index contributed by atoms with van der Waals surface area (Å²) in [6.45, 7) is 10.1. The molecule has 1 unspecified atom stereocenters. The van der Waals surface area contributed by atoms with Crippen LogP contribution in [0.4, 0.5) is 0 Å². The van der Waals surface area contributed by atoms with Gasteiger partial charge in [0.05, 0.1) is 6.61 Å². The van der Waals surface area contributed by atoms with Crippen molar-refractivity contribution in [1.29, 1.82) is 0 Å². The summed E-state index contributed by atoms with van der Waals surface area (Å²) in [4.78, 5) is 2.25. The van der Waals surface area contributed by atoms with E-state index in [1.165, 1.54) is 11.1 Å². The summed E-state index contributed by atoms with van der Waals surface area (Å²) in [6.07, 6.45) is 0. The topological polar surface area (TPSA) is 24.5 Å². The van der Waals surface area contributed by atoms with Crippen LogP contribution in [-0.4, -0.2) is 38.2 Å². The fourth-order valence-electron chi connectivity index (χ4n) is 2.14. The molecule has 0 aliphatic carbocycles. The van der Waals surface area contributed by atoms with Gasteiger partial charge < -0.3 is 15.0 Å². The van der Waals surface area contributed by atoms with Crippen LogP contribution in [0.5, 0.6) is 5.75 Å². The maximum absolute atomic E-state index is 5.60. The van der Waals surface area contributed by atoms with E-state index in [0.717, 1.165) is 12.3 Å². The van der Waals surface area contributed by atoms with Gasteiger partial charge in [0.15, 0.2) is 0 Å². The van der Waals surface area contributed by atoms with Crippen molar-refractivity contribution in [2.75, 3.05) is 27.2 Å². The largest absolute Gasteiger partial charge is 0.494 e. The Kier molecular flexibility index (Phi) is 6.32. The van der Waals surface area contributed by atoms with Gasteiger partial charge in [-0.1, -0.05) is 26.0 Å². The summed E-state index contributed by atoms with van der Waals surface area (Å²) in [5, 5.41) is 3.51. The Morgan fingerprint density at radius 1 is 1.26 bits per heavy atom. The van der Waals surface area contributed by atoms with Gasteiger partial charge in [-0.25, -0.2) is 0 Å². The number of nitrogens with one attached hydrogen (secondary N) is 1. The number of rotatable bonds is 7. The number of hydrogen-bond acceptors (Lipinski definition) is 3. The van der Waals surface area contributed by atoms with Crippen LogP contribution in [0.2, 0.25) is 0 Å². The second-order valence-electron chi connectivity index (χ2n) is 5.50. The van der Waals surface area contributed by atoms with Crippen molar-refractivity contribution in [2.45, 2.75) is 39.8 Å². The summed E-state index contributed by atoms with van der Waals surface area (Å²) in [5.41, 5.74) is 2.54. The number of hydrogen-bond donors (Lipinski definition) is 1. The second-order valence-corrected chi connectivity index (χ2v) is 5.50. The van der Waals surface area contributed by atoms with Crippen LogP contribution >= 0.6 is 0 Å². The zero-order chi connectivity index (χ0) is 14.4. The third kappa shape index (κ3) is 4.84. The molecule has 0 amide bonds. The van der Waals surface area contributed by atoms with E-state index in [2.05, 4.69) is 63.3 Å². The van der Waals surface area contributed by atoms with E-state index in [1.54, 1.807) is 0 Å². The van der Waals surface area contributed by atoms with Gasteiger partial charge in [-0.3, -0.25) is 0 Å². The predicted molar refractivity (Wildman–Crippen MR) is 81.9 cm³/mol. The second kappa shape index (κ2) is 7.51. The molecule has 1 N–H and O–H groups in total. The SMILES string of the molecule is CCOc1ccc(C(CNC(C)C)N(C)C)cc1C. The highest BCUT2D eigenvalue weighted by atomic mass is 16.5. The van der Waals surface area contributed by atoms with E-state index in [0.29, 0.717) is 18.7 Å². The molecular formula is C16H28N2O. The minimum Gasteiger partial charge on any atom is -0.494 e. The summed E-state index contributed by atoms with van der Waals surface area (Å²) in [5.74, 6) is 0.987. The number of benzene rings is 1. The monoisotopic (exact) mass is 264 g/mol. The van der Waals surface area contributed by atoms with E-state index in [4.69, 9.17) is 4.74 Å². The average molecular weight is 264 g/mol. The van der Waals surface area contributed by atoms with Crippen LogP contribution in [0.25, 0.3) is 0 Å². The highest BCUT2D eigenvalue weighted by Gasteiger charge is 2.15. The highest BCUT2D eigenvalue weighted by molar-refractivity contribution is 5.37. The third-order valence-electron chi connectivity index (χ3n) is 3.23. The predicted octanol–water partition coefficient (Wildman–Crippen LogP) is 2.99. The summed E-state index contributed by atoms with van der Waals surface area (Å²) in [6, 6.07) is 7.38. The Morgan fingerprint density at radius 2 is 1.95 bits per heavy atom. The van der Waals surface area contributed by atoms with Gasteiger partial charge in [0.2, 0.25) is 0 Å². The smallest absolute Gasteiger partial charge is 0.122 e. The molecule has 0 spiro atoms. The molecule has 0 radical (unpaired) electrons. The number of nitrogens with zero attached hydrogens (tertiary/aromatic N) is 1. The number of likely N-dealkylation sites (N-methyl/N-ethyl adjacent to an activating group) is 1. The Labute approximate surface area is 118 Å². The Bertz CT molecular complexity index is 388. The third-order valence-corrected chi connectivity index (χ3v) is 3.23. The molecule has 19 heavy (non-hydrogen) atoms. The molecule has 3 heteroatoms. The average Bonchev–Trinajstić information content (AvgIpc) is 2.32. The molecule has 0 aliphatic rings. The maximum atomic E-state index is 5.60. The lowest BCUT2D eigenvalue weighted by Crippen LogP contribution is -2.34. The molecular weight excluding hydrogens is 236 g/mol. The van der Waals surface area contributed by atoms with Crippen LogP contribution in [-0.2, 0) is 0 Å². The quantitative estimate of drug-likeness (QED) is 0.819. The Morgan fingerprint density at radius 3 is 2.42 bits per heavy atom. The van der Waals surface area contributed by atoms with Gasteiger partial charge in [-0.15, -0.1) is 0 Å². The molecule has 0 aliphatic heterocycles. The molecule has 0 saturated heterocycles. The van der Waals surface area contributed by atoms with E-state index < -0.39 is 0 Å². The van der Waals surface area contributed by atoms with E-state index in [9.17, 15) is 0 Å². The number of ether oxygens (including phenoxy) is 1. The maximum Gasteiger partial charge on any atom is 0.122 e. The molecule has 3 nitrogen and oxygen atoms in total. The summed E-state index contributed by atoms with van der Waals surface area (Å²) in [7, 11) is 4.25. The van der Waals surface area contributed by atoms with Crippen molar-refractivity contribution in [2.24, 2.45) is 0 Å². The molecule has 0 fully saturated rings. The van der Waals surface area contributed by atoms with Crippen molar-refractivity contribution in [3.63, 3.8) is 0 Å². The first-order valence-electron chi connectivity index (χ1n) is 7.08. The molecule has 0 saturated carbocycles. The molecule has 1 rings (SSSR count). The zero-order valence-electron chi connectivity index (χ0n) is 13.2. The van der Waals surface area contributed by atoms with Crippen molar-refractivity contribution < 1.29 is 4.74 Å².